The van der Waals surface area contributed by atoms with E-state index in [4.69, 9.17) is 16.3 Å². The van der Waals surface area contributed by atoms with Gasteiger partial charge in [0, 0.05) is 11.0 Å². The maximum absolute atomic E-state index is 6.12. The molecule has 0 bridgehead atoms. The quantitative estimate of drug-likeness (QED) is 0.721. The summed E-state index contributed by atoms with van der Waals surface area (Å²) in [6, 6.07) is 7.53. The lowest BCUT2D eigenvalue weighted by molar-refractivity contribution is 0.412. The molecule has 0 unspecified atom stereocenters. The van der Waals surface area contributed by atoms with Gasteiger partial charge < -0.3 is 4.74 Å². The Morgan fingerprint density at radius 1 is 1.15 bits per heavy atom. The van der Waals surface area contributed by atoms with Crippen LogP contribution >= 0.6 is 27.5 Å². The van der Waals surface area contributed by atoms with Crippen LogP contribution in [-0.4, -0.2) is 17.1 Å². The van der Waals surface area contributed by atoms with Crippen LogP contribution in [0.5, 0.6) is 5.75 Å². The molecule has 0 radical (unpaired) electrons. The molecule has 1 aromatic heterocycles. The molecule has 1 aromatic carbocycles. The Kier molecular flexibility index (Phi) is 4.35. The van der Waals surface area contributed by atoms with Crippen molar-refractivity contribution in [3.63, 3.8) is 0 Å². The lowest BCUT2D eigenvalue weighted by atomic mass is 9.92. The summed E-state index contributed by atoms with van der Waals surface area (Å²) in [5, 5.41) is 0.451. The van der Waals surface area contributed by atoms with E-state index in [2.05, 4.69) is 46.7 Å². The molecule has 0 aliphatic carbocycles. The normalized spacial score (nSPS) is 11.5. The molecule has 2 aromatic rings. The van der Waals surface area contributed by atoms with Crippen molar-refractivity contribution in [3.05, 3.63) is 39.6 Å². The van der Waals surface area contributed by atoms with E-state index in [0.717, 1.165) is 21.5 Å². The van der Waals surface area contributed by atoms with Crippen LogP contribution in [0.3, 0.4) is 0 Å². The fourth-order valence-corrected chi connectivity index (χ4v) is 2.46. The Hall–Kier alpha value is -1.13. The average molecular weight is 356 g/mol. The molecule has 0 fully saturated rings. The Labute approximate surface area is 132 Å². The van der Waals surface area contributed by atoms with Crippen molar-refractivity contribution in [3.8, 4) is 17.1 Å². The predicted octanol–water partition coefficient (Wildman–Crippen LogP) is 4.87. The van der Waals surface area contributed by atoms with Crippen LogP contribution in [0.4, 0.5) is 0 Å². The SMILES string of the molecule is COc1ccc(-c2nc(Cl)cc(C(C)(C)C)n2)cc1Br. The van der Waals surface area contributed by atoms with Crippen LogP contribution in [0, 0.1) is 0 Å². The second-order valence-corrected chi connectivity index (χ2v) is 6.74. The molecule has 0 saturated heterocycles. The molecule has 0 aliphatic rings. The van der Waals surface area contributed by atoms with E-state index in [9.17, 15) is 0 Å². The third kappa shape index (κ3) is 3.30. The van der Waals surface area contributed by atoms with Crippen molar-refractivity contribution < 1.29 is 4.74 Å². The molecule has 0 N–H and O–H groups in total. The number of hydrogen-bond acceptors (Lipinski definition) is 3. The predicted molar refractivity (Wildman–Crippen MR) is 85.4 cm³/mol. The van der Waals surface area contributed by atoms with Crippen LogP contribution < -0.4 is 4.74 Å². The zero-order chi connectivity index (χ0) is 14.9. The van der Waals surface area contributed by atoms with Gasteiger partial charge in [-0.3, -0.25) is 0 Å². The summed E-state index contributed by atoms with van der Waals surface area (Å²) in [4.78, 5) is 8.92. The van der Waals surface area contributed by atoms with Gasteiger partial charge >= 0.3 is 0 Å². The third-order valence-corrected chi connectivity index (χ3v) is 3.69. The number of halogens is 2. The van der Waals surface area contributed by atoms with E-state index in [1.165, 1.54) is 0 Å². The Morgan fingerprint density at radius 2 is 1.85 bits per heavy atom. The standard InChI is InChI=1S/C15H16BrClN2O/c1-15(2,3)12-8-13(17)19-14(18-12)9-5-6-11(20-4)10(16)7-9/h5-8H,1-4H3. The van der Waals surface area contributed by atoms with Crippen molar-refractivity contribution in [2.45, 2.75) is 26.2 Å². The van der Waals surface area contributed by atoms with Crippen molar-refractivity contribution >= 4 is 27.5 Å². The molecular weight excluding hydrogens is 340 g/mol. The van der Waals surface area contributed by atoms with Crippen molar-refractivity contribution in [2.24, 2.45) is 0 Å². The zero-order valence-corrected chi connectivity index (χ0v) is 14.2. The van der Waals surface area contributed by atoms with Gasteiger partial charge in [0.1, 0.15) is 10.9 Å². The summed E-state index contributed by atoms with van der Waals surface area (Å²) in [6.07, 6.45) is 0. The minimum atomic E-state index is -0.0783. The molecule has 0 spiro atoms. The van der Waals surface area contributed by atoms with Crippen LogP contribution in [0.15, 0.2) is 28.7 Å². The number of ether oxygens (including phenoxy) is 1. The Bertz CT molecular complexity index is 638. The van der Waals surface area contributed by atoms with Crippen LogP contribution in [0.2, 0.25) is 5.15 Å². The second-order valence-electron chi connectivity index (χ2n) is 5.50. The van der Waals surface area contributed by atoms with Gasteiger partial charge in [-0.05, 0) is 40.2 Å². The van der Waals surface area contributed by atoms with Gasteiger partial charge in [0.2, 0.25) is 0 Å². The van der Waals surface area contributed by atoms with E-state index in [0.29, 0.717) is 11.0 Å². The Balaban J connectivity index is 2.53. The highest BCUT2D eigenvalue weighted by Crippen LogP contribution is 2.31. The second kappa shape index (κ2) is 5.70. The van der Waals surface area contributed by atoms with Crippen molar-refractivity contribution in [1.29, 1.82) is 0 Å². The van der Waals surface area contributed by atoms with Gasteiger partial charge in [0.15, 0.2) is 5.82 Å². The third-order valence-electron chi connectivity index (χ3n) is 2.87. The first-order chi connectivity index (χ1) is 9.31. The zero-order valence-electron chi connectivity index (χ0n) is 11.9. The number of rotatable bonds is 2. The van der Waals surface area contributed by atoms with Gasteiger partial charge in [-0.1, -0.05) is 32.4 Å². The number of aromatic nitrogens is 2. The smallest absolute Gasteiger partial charge is 0.161 e. The van der Waals surface area contributed by atoms with Gasteiger partial charge in [-0.25, -0.2) is 9.97 Å². The summed E-state index contributed by atoms with van der Waals surface area (Å²) in [7, 11) is 1.63. The van der Waals surface area contributed by atoms with Crippen LogP contribution in [0.25, 0.3) is 11.4 Å². The molecular formula is C15H16BrClN2O. The van der Waals surface area contributed by atoms with Gasteiger partial charge in [0.25, 0.3) is 0 Å². The average Bonchev–Trinajstić information content (AvgIpc) is 2.37. The van der Waals surface area contributed by atoms with Gasteiger partial charge in [-0.2, -0.15) is 0 Å². The topological polar surface area (TPSA) is 35.0 Å². The molecule has 0 amide bonds. The van der Waals surface area contributed by atoms with E-state index < -0.39 is 0 Å². The van der Waals surface area contributed by atoms with Crippen LogP contribution in [-0.2, 0) is 5.41 Å². The Morgan fingerprint density at radius 3 is 2.40 bits per heavy atom. The number of benzene rings is 1. The van der Waals surface area contributed by atoms with E-state index in [1.807, 2.05) is 24.3 Å². The molecule has 2 rings (SSSR count). The molecule has 3 nitrogen and oxygen atoms in total. The van der Waals surface area contributed by atoms with Gasteiger partial charge in [-0.15, -0.1) is 0 Å². The number of methoxy groups -OCH3 is 1. The van der Waals surface area contributed by atoms with Gasteiger partial charge in [0.05, 0.1) is 17.3 Å². The lowest BCUT2D eigenvalue weighted by Gasteiger charge is -2.18. The lowest BCUT2D eigenvalue weighted by Crippen LogP contribution is -2.14. The first-order valence-electron chi connectivity index (χ1n) is 6.20. The first kappa shape index (κ1) is 15.3. The van der Waals surface area contributed by atoms with E-state index in [1.54, 1.807) is 7.11 Å². The van der Waals surface area contributed by atoms with Crippen LogP contribution in [0.1, 0.15) is 26.5 Å². The highest BCUT2D eigenvalue weighted by Gasteiger charge is 2.18. The maximum Gasteiger partial charge on any atom is 0.161 e. The highest BCUT2D eigenvalue weighted by molar-refractivity contribution is 9.10. The summed E-state index contributed by atoms with van der Waals surface area (Å²) in [5.74, 6) is 1.39. The van der Waals surface area contributed by atoms with E-state index in [-0.39, 0.29) is 5.41 Å². The molecule has 106 valence electrons. The molecule has 5 heteroatoms. The molecule has 1 heterocycles. The van der Waals surface area contributed by atoms with Crippen molar-refractivity contribution in [1.82, 2.24) is 9.97 Å². The minimum absolute atomic E-state index is 0.0783. The number of nitrogens with zero attached hydrogens (tertiary/aromatic N) is 2. The minimum Gasteiger partial charge on any atom is -0.496 e. The largest absolute Gasteiger partial charge is 0.496 e. The maximum atomic E-state index is 6.12. The fraction of sp³-hybridized carbons (Fsp3) is 0.333. The summed E-state index contributed by atoms with van der Waals surface area (Å²) in [5.41, 5.74) is 1.73. The summed E-state index contributed by atoms with van der Waals surface area (Å²) >= 11 is 9.58. The molecule has 0 aliphatic heterocycles. The molecule has 0 atom stereocenters. The van der Waals surface area contributed by atoms with E-state index >= 15 is 0 Å². The number of hydrogen-bond donors (Lipinski definition) is 0. The summed E-state index contributed by atoms with van der Waals surface area (Å²) < 4.78 is 6.08. The summed E-state index contributed by atoms with van der Waals surface area (Å²) in [6.45, 7) is 6.29. The molecule has 0 saturated carbocycles. The first-order valence-corrected chi connectivity index (χ1v) is 7.37. The highest BCUT2D eigenvalue weighted by atomic mass is 79.9. The van der Waals surface area contributed by atoms with Crippen molar-refractivity contribution in [2.75, 3.05) is 7.11 Å². The monoisotopic (exact) mass is 354 g/mol. The molecule has 20 heavy (non-hydrogen) atoms. The fourth-order valence-electron chi connectivity index (χ4n) is 1.74.